The van der Waals surface area contributed by atoms with Crippen LogP contribution < -0.4 is 15.4 Å². The van der Waals surface area contributed by atoms with Crippen LogP contribution in [0.2, 0.25) is 0 Å². The average Bonchev–Trinajstić information content (AvgIpc) is 3.24. The third-order valence-electron chi connectivity index (χ3n) is 5.99. The summed E-state index contributed by atoms with van der Waals surface area (Å²) in [5.74, 6) is 1.46. The lowest BCUT2D eigenvalue weighted by Gasteiger charge is -2.38. The lowest BCUT2D eigenvalue weighted by atomic mass is 9.77. The van der Waals surface area contributed by atoms with Gasteiger partial charge in [-0.1, -0.05) is 36.4 Å². The highest BCUT2D eigenvalue weighted by atomic mass is 16.5. The van der Waals surface area contributed by atoms with Crippen LogP contribution in [0.1, 0.15) is 29.5 Å². The van der Waals surface area contributed by atoms with E-state index in [1.54, 1.807) is 7.11 Å². The van der Waals surface area contributed by atoms with Gasteiger partial charge in [0.2, 0.25) is 0 Å². The molecule has 1 aliphatic carbocycles. The first-order chi connectivity index (χ1) is 14.2. The molecular weight excluding hydrogens is 360 g/mol. The largest absolute Gasteiger partial charge is 0.504 e. The Kier molecular flexibility index (Phi) is 4.39. The number of hydrogen-bond acceptors (Lipinski definition) is 4. The molecular formula is C25H24N2O2. The summed E-state index contributed by atoms with van der Waals surface area (Å²) < 4.78 is 5.20. The molecule has 2 aliphatic rings. The van der Waals surface area contributed by atoms with Crippen LogP contribution in [0.4, 0.5) is 17.1 Å². The lowest BCUT2D eigenvalue weighted by molar-refractivity contribution is 0.371. The Balaban J connectivity index is 1.47. The van der Waals surface area contributed by atoms with Crippen molar-refractivity contribution in [3.63, 3.8) is 0 Å². The Hall–Kier alpha value is -3.40. The number of hydrogen-bond donors (Lipinski definition) is 3. The van der Waals surface area contributed by atoms with Crippen molar-refractivity contribution in [1.29, 1.82) is 0 Å². The Morgan fingerprint density at radius 2 is 1.86 bits per heavy atom. The molecule has 146 valence electrons. The number of para-hydroxylation sites is 1. The summed E-state index contributed by atoms with van der Waals surface area (Å²) in [6, 6.07) is 22.6. The fourth-order valence-corrected chi connectivity index (χ4v) is 4.59. The Bertz CT molecular complexity index is 1060. The fraction of sp³-hybridized carbons (Fsp3) is 0.200. The highest BCUT2D eigenvalue weighted by Crippen LogP contribution is 2.51. The maximum atomic E-state index is 10.3. The first-order valence-corrected chi connectivity index (χ1v) is 9.99. The molecule has 3 aromatic rings. The standard InChI is InChI=1S/C25H24N2O2/c1-29-24-13-10-16(14-23(24)28)25-20-9-5-8-19(20)21-15-18(11-12-22(21)27-25)26-17-6-3-2-4-7-17/h2-8,10-15,19-20,25-28H,9H2,1H3. The van der Waals surface area contributed by atoms with Crippen molar-refractivity contribution in [1.82, 2.24) is 0 Å². The second-order valence-corrected chi connectivity index (χ2v) is 7.70. The molecule has 0 amide bonds. The van der Waals surface area contributed by atoms with Crippen molar-refractivity contribution in [2.24, 2.45) is 5.92 Å². The van der Waals surface area contributed by atoms with Gasteiger partial charge in [0.05, 0.1) is 13.2 Å². The van der Waals surface area contributed by atoms with Gasteiger partial charge in [0.1, 0.15) is 0 Å². The number of ether oxygens (including phenoxy) is 1. The van der Waals surface area contributed by atoms with Crippen LogP contribution in [0, 0.1) is 5.92 Å². The zero-order chi connectivity index (χ0) is 19.8. The molecule has 3 N–H and O–H groups in total. The van der Waals surface area contributed by atoms with Gasteiger partial charge in [-0.2, -0.15) is 0 Å². The number of rotatable bonds is 4. The maximum absolute atomic E-state index is 10.3. The first kappa shape index (κ1) is 17.7. The van der Waals surface area contributed by atoms with Crippen LogP contribution in [-0.2, 0) is 0 Å². The number of methoxy groups -OCH3 is 1. The minimum absolute atomic E-state index is 0.146. The van der Waals surface area contributed by atoms with Crippen LogP contribution in [-0.4, -0.2) is 12.2 Å². The van der Waals surface area contributed by atoms with Gasteiger partial charge in [-0.25, -0.2) is 0 Å². The van der Waals surface area contributed by atoms with Crippen molar-refractivity contribution in [3.8, 4) is 11.5 Å². The average molecular weight is 384 g/mol. The second-order valence-electron chi connectivity index (χ2n) is 7.70. The molecule has 0 spiro atoms. The smallest absolute Gasteiger partial charge is 0.160 e. The van der Waals surface area contributed by atoms with Crippen LogP contribution in [0.25, 0.3) is 0 Å². The van der Waals surface area contributed by atoms with Gasteiger partial charge in [0, 0.05) is 23.0 Å². The van der Waals surface area contributed by atoms with Gasteiger partial charge in [-0.15, -0.1) is 0 Å². The number of anilines is 3. The topological polar surface area (TPSA) is 53.5 Å². The van der Waals surface area contributed by atoms with Crippen molar-refractivity contribution in [2.75, 3.05) is 17.7 Å². The molecule has 4 heteroatoms. The number of aromatic hydroxyl groups is 1. The molecule has 0 radical (unpaired) electrons. The molecule has 0 fully saturated rings. The second kappa shape index (κ2) is 7.21. The van der Waals surface area contributed by atoms with E-state index in [0.717, 1.165) is 29.0 Å². The van der Waals surface area contributed by atoms with Crippen molar-refractivity contribution in [2.45, 2.75) is 18.4 Å². The van der Waals surface area contributed by atoms with E-state index in [1.807, 2.05) is 36.4 Å². The number of phenols is 1. The number of nitrogens with one attached hydrogen (secondary N) is 2. The first-order valence-electron chi connectivity index (χ1n) is 9.99. The van der Waals surface area contributed by atoms with Gasteiger partial charge in [-0.3, -0.25) is 0 Å². The maximum Gasteiger partial charge on any atom is 0.160 e. The molecule has 1 aliphatic heterocycles. The molecule has 4 nitrogen and oxygen atoms in total. The number of allylic oxidation sites excluding steroid dienone is 2. The summed E-state index contributed by atoms with van der Waals surface area (Å²) in [6.45, 7) is 0. The van der Waals surface area contributed by atoms with Crippen LogP contribution >= 0.6 is 0 Å². The van der Waals surface area contributed by atoms with Gasteiger partial charge in [0.15, 0.2) is 11.5 Å². The SMILES string of the molecule is COc1ccc(C2Nc3ccc(Nc4ccccc4)cc3C3C=CCC32)cc1O. The monoisotopic (exact) mass is 384 g/mol. The predicted molar refractivity (Wildman–Crippen MR) is 117 cm³/mol. The van der Waals surface area contributed by atoms with Crippen LogP contribution in [0.3, 0.4) is 0 Å². The fourth-order valence-electron chi connectivity index (χ4n) is 4.59. The van der Waals surface area contributed by atoms with E-state index < -0.39 is 0 Å². The third kappa shape index (κ3) is 3.21. The normalized spacial score (nSPS) is 21.8. The molecule has 3 aromatic carbocycles. The minimum Gasteiger partial charge on any atom is -0.504 e. The van der Waals surface area contributed by atoms with Crippen LogP contribution in [0.5, 0.6) is 11.5 Å². The number of benzene rings is 3. The number of fused-ring (bicyclic) bond motifs is 3. The minimum atomic E-state index is 0.146. The molecule has 1 heterocycles. The highest BCUT2D eigenvalue weighted by molar-refractivity contribution is 5.69. The number of phenolic OH excluding ortho intramolecular Hbond substituents is 1. The van der Waals surface area contributed by atoms with Gasteiger partial charge in [0.25, 0.3) is 0 Å². The van der Waals surface area contributed by atoms with Gasteiger partial charge in [-0.05, 0) is 65.9 Å². The zero-order valence-electron chi connectivity index (χ0n) is 16.3. The highest BCUT2D eigenvalue weighted by Gasteiger charge is 2.38. The molecule has 3 unspecified atom stereocenters. The molecule has 29 heavy (non-hydrogen) atoms. The Labute approximate surface area is 170 Å². The van der Waals surface area contributed by atoms with Gasteiger partial charge >= 0.3 is 0 Å². The quantitative estimate of drug-likeness (QED) is 0.485. The van der Waals surface area contributed by atoms with Crippen molar-refractivity contribution < 1.29 is 9.84 Å². The van der Waals surface area contributed by atoms with E-state index >= 15 is 0 Å². The molecule has 5 rings (SSSR count). The van der Waals surface area contributed by atoms with E-state index in [9.17, 15) is 5.11 Å². The molecule has 3 atom stereocenters. The molecule has 0 aromatic heterocycles. The molecule has 0 saturated carbocycles. The summed E-state index contributed by atoms with van der Waals surface area (Å²) in [7, 11) is 1.57. The van der Waals surface area contributed by atoms with E-state index in [0.29, 0.717) is 17.6 Å². The molecule has 0 saturated heterocycles. The van der Waals surface area contributed by atoms with Crippen molar-refractivity contribution >= 4 is 17.1 Å². The van der Waals surface area contributed by atoms with E-state index in [1.165, 1.54) is 5.56 Å². The lowest BCUT2D eigenvalue weighted by Crippen LogP contribution is -2.29. The summed E-state index contributed by atoms with van der Waals surface area (Å²) in [6.07, 6.45) is 5.62. The van der Waals surface area contributed by atoms with E-state index in [-0.39, 0.29) is 11.8 Å². The predicted octanol–water partition coefficient (Wildman–Crippen LogP) is 5.97. The van der Waals surface area contributed by atoms with E-state index in [4.69, 9.17) is 4.74 Å². The summed E-state index contributed by atoms with van der Waals surface area (Å²) in [5, 5.41) is 17.5. The van der Waals surface area contributed by atoms with Crippen LogP contribution in [0.15, 0.2) is 78.9 Å². The third-order valence-corrected chi connectivity index (χ3v) is 5.99. The summed E-state index contributed by atoms with van der Waals surface area (Å²) in [5.41, 5.74) is 5.73. The van der Waals surface area contributed by atoms with E-state index in [2.05, 4.69) is 53.1 Å². The Morgan fingerprint density at radius 3 is 2.66 bits per heavy atom. The summed E-state index contributed by atoms with van der Waals surface area (Å²) >= 11 is 0. The summed E-state index contributed by atoms with van der Waals surface area (Å²) in [4.78, 5) is 0. The van der Waals surface area contributed by atoms with Gasteiger partial charge < -0.3 is 20.5 Å². The van der Waals surface area contributed by atoms with Crippen molar-refractivity contribution in [3.05, 3.63) is 90.0 Å². The Morgan fingerprint density at radius 1 is 1.00 bits per heavy atom. The zero-order valence-corrected chi connectivity index (χ0v) is 16.3. The molecule has 0 bridgehead atoms.